The van der Waals surface area contributed by atoms with Crippen molar-refractivity contribution in [3.05, 3.63) is 76.9 Å². The second kappa shape index (κ2) is 12.0. The Balaban J connectivity index is 1.30. The Morgan fingerprint density at radius 3 is 2.38 bits per heavy atom. The van der Waals surface area contributed by atoms with E-state index in [4.69, 9.17) is 4.42 Å². The maximum absolute atomic E-state index is 13.4. The zero-order chi connectivity index (χ0) is 28.3. The number of nitrogens with one attached hydrogen (secondary N) is 1. The first-order valence-corrected chi connectivity index (χ1v) is 16.2. The lowest BCUT2D eigenvalue weighted by Crippen LogP contribution is -2.39. The summed E-state index contributed by atoms with van der Waals surface area (Å²) in [6.45, 7) is 7.36. The van der Waals surface area contributed by atoms with Crippen molar-refractivity contribution in [1.29, 1.82) is 0 Å². The molecule has 1 amide bonds. The van der Waals surface area contributed by atoms with Crippen molar-refractivity contribution in [2.24, 2.45) is 0 Å². The highest BCUT2D eigenvalue weighted by Crippen LogP contribution is 2.34. The summed E-state index contributed by atoms with van der Waals surface area (Å²) in [6, 6.07) is 13.8. The van der Waals surface area contributed by atoms with Gasteiger partial charge >= 0.3 is 0 Å². The average Bonchev–Trinajstić information content (AvgIpc) is 3.38. The fourth-order valence-electron chi connectivity index (χ4n) is 5.84. The van der Waals surface area contributed by atoms with E-state index in [0.717, 1.165) is 47.2 Å². The van der Waals surface area contributed by atoms with Crippen LogP contribution in [0.1, 0.15) is 66.4 Å². The van der Waals surface area contributed by atoms with E-state index in [1.807, 2.05) is 31.2 Å². The molecular formula is C31H40N4O4S. The smallest absolute Gasteiger partial charge is 0.225 e. The van der Waals surface area contributed by atoms with Crippen LogP contribution in [0.3, 0.4) is 0 Å². The summed E-state index contributed by atoms with van der Waals surface area (Å²) < 4.78 is 29.8. The van der Waals surface area contributed by atoms with Gasteiger partial charge in [0.1, 0.15) is 33.2 Å². The van der Waals surface area contributed by atoms with Crippen LogP contribution in [-0.2, 0) is 21.1 Å². The minimum atomic E-state index is -3.01. The highest BCUT2D eigenvalue weighted by Gasteiger charge is 2.28. The molecule has 0 spiro atoms. The number of hydrogen-bond donors (Lipinski definition) is 1. The van der Waals surface area contributed by atoms with Crippen molar-refractivity contribution < 1.29 is 17.6 Å². The van der Waals surface area contributed by atoms with Crippen molar-refractivity contribution in [1.82, 2.24) is 10.3 Å². The van der Waals surface area contributed by atoms with E-state index in [9.17, 15) is 13.2 Å². The quantitative estimate of drug-likeness (QED) is 0.422. The van der Waals surface area contributed by atoms with Gasteiger partial charge in [-0.1, -0.05) is 18.2 Å². The summed E-state index contributed by atoms with van der Waals surface area (Å²) in [5, 5.41) is 2.98. The van der Waals surface area contributed by atoms with Crippen molar-refractivity contribution >= 4 is 27.2 Å². The Morgan fingerprint density at radius 2 is 1.75 bits per heavy atom. The molecule has 8 nitrogen and oxygen atoms in total. The van der Waals surface area contributed by atoms with E-state index in [1.165, 1.54) is 31.1 Å². The van der Waals surface area contributed by atoms with E-state index < -0.39 is 15.9 Å². The predicted molar refractivity (Wildman–Crippen MR) is 159 cm³/mol. The van der Waals surface area contributed by atoms with E-state index >= 15 is 0 Å². The molecule has 3 aromatic rings. The van der Waals surface area contributed by atoms with Gasteiger partial charge in [-0.3, -0.25) is 4.79 Å². The number of furan rings is 1. The number of anilines is 2. The summed E-state index contributed by atoms with van der Waals surface area (Å²) >= 11 is 0. The number of benzene rings is 1. The first-order valence-electron chi connectivity index (χ1n) is 14.3. The van der Waals surface area contributed by atoms with Gasteiger partial charge in [-0.2, -0.15) is 0 Å². The van der Waals surface area contributed by atoms with Gasteiger partial charge in [0, 0.05) is 49.9 Å². The zero-order valence-corrected chi connectivity index (χ0v) is 24.5. The molecule has 1 atom stereocenters. The highest BCUT2D eigenvalue weighted by molar-refractivity contribution is 7.91. The molecule has 1 aromatic carbocycles. The van der Waals surface area contributed by atoms with Gasteiger partial charge in [-0.05, 0) is 81.3 Å². The van der Waals surface area contributed by atoms with Gasteiger partial charge in [0.2, 0.25) is 5.91 Å². The Labute approximate surface area is 237 Å². The fourth-order valence-corrected chi connectivity index (χ4v) is 6.90. The van der Waals surface area contributed by atoms with Gasteiger partial charge in [-0.15, -0.1) is 0 Å². The molecule has 2 aliphatic rings. The summed E-state index contributed by atoms with van der Waals surface area (Å²) in [7, 11) is -3.01. The van der Waals surface area contributed by atoms with Gasteiger partial charge in [0.25, 0.3) is 0 Å². The van der Waals surface area contributed by atoms with Crippen LogP contribution in [0.4, 0.5) is 11.5 Å². The van der Waals surface area contributed by atoms with Crippen LogP contribution < -0.4 is 15.1 Å². The third-order valence-electron chi connectivity index (χ3n) is 8.09. The van der Waals surface area contributed by atoms with Crippen LogP contribution in [0, 0.1) is 13.8 Å². The minimum Gasteiger partial charge on any atom is -0.464 e. The summed E-state index contributed by atoms with van der Waals surface area (Å²) in [5.41, 5.74) is 4.21. The van der Waals surface area contributed by atoms with E-state index in [0.29, 0.717) is 25.9 Å². The number of pyridine rings is 1. The second-order valence-corrected chi connectivity index (χ2v) is 13.6. The first-order chi connectivity index (χ1) is 19.2. The number of piperidine rings is 2. The fraction of sp³-hybridized carbons (Fsp3) is 0.484. The zero-order valence-electron chi connectivity index (χ0n) is 23.7. The largest absolute Gasteiger partial charge is 0.464 e. The van der Waals surface area contributed by atoms with Gasteiger partial charge in [-0.25, -0.2) is 13.4 Å². The van der Waals surface area contributed by atoms with E-state index in [-0.39, 0.29) is 17.6 Å². The lowest BCUT2D eigenvalue weighted by Gasteiger charge is -2.33. The lowest BCUT2D eigenvalue weighted by molar-refractivity contribution is -0.121. The summed E-state index contributed by atoms with van der Waals surface area (Å²) in [5.74, 6) is 2.23. The molecule has 2 aromatic heterocycles. The number of nitrogens with zero attached hydrogens (tertiary/aromatic N) is 3. The Bertz CT molecular complexity index is 1420. The van der Waals surface area contributed by atoms with Crippen LogP contribution in [0.5, 0.6) is 0 Å². The van der Waals surface area contributed by atoms with Crippen LogP contribution in [0.15, 0.2) is 53.1 Å². The number of carbonyl (C=O) groups excluding carboxylic acids is 1. The number of aromatic nitrogens is 1. The third-order valence-corrected chi connectivity index (χ3v) is 9.77. The van der Waals surface area contributed by atoms with Crippen molar-refractivity contribution in [3.63, 3.8) is 0 Å². The van der Waals surface area contributed by atoms with E-state index in [2.05, 4.69) is 45.2 Å². The molecule has 0 aliphatic carbocycles. The van der Waals surface area contributed by atoms with Crippen molar-refractivity contribution in [2.75, 3.05) is 42.2 Å². The van der Waals surface area contributed by atoms with Gasteiger partial charge in [0.05, 0.1) is 11.7 Å². The Hall–Kier alpha value is -3.33. The van der Waals surface area contributed by atoms with E-state index in [1.54, 1.807) is 6.20 Å². The molecular weight excluding hydrogens is 524 g/mol. The number of aryl methyl sites for hydroxylation is 2. The maximum Gasteiger partial charge on any atom is 0.225 e. The molecule has 2 fully saturated rings. The van der Waals surface area contributed by atoms with Gasteiger partial charge in [0.15, 0.2) is 0 Å². The lowest BCUT2D eigenvalue weighted by atomic mass is 9.97. The third kappa shape index (κ3) is 6.69. The monoisotopic (exact) mass is 564 g/mol. The first kappa shape index (κ1) is 28.2. The molecule has 2 aliphatic heterocycles. The second-order valence-electron chi connectivity index (χ2n) is 11.3. The molecule has 5 rings (SSSR count). The van der Waals surface area contributed by atoms with Crippen LogP contribution in [-0.4, -0.2) is 57.0 Å². The van der Waals surface area contributed by atoms with Crippen LogP contribution in [0.25, 0.3) is 0 Å². The topological polar surface area (TPSA) is 95.8 Å². The molecule has 9 heteroatoms. The molecule has 0 radical (unpaired) electrons. The summed E-state index contributed by atoms with van der Waals surface area (Å²) in [6.07, 6.45) is 8.07. The predicted octanol–water partition coefficient (Wildman–Crippen LogP) is 4.74. The average molecular weight is 565 g/mol. The molecule has 1 unspecified atom stereocenters. The van der Waals surface area contributed by atoms with Crippen LogP contribution in [0.2, 0.25) is 0 Å². The molecule has 40 heavy (non-hydrogen) atoms. The Kier molecular flexibility index (Phi) is 8.49. The SMILES string of the molecule is Cc1ccc(C(NC(=O)Cc2ccc(N3CCC(S(C)(=O)=O)CC3)nc2)c2ccc(C)o2)c(N2CCCCC2)c1. The maximum atomic E-state index is 13.4. The minimum absolute atomic E-state index is 0.104. The standard InChI is InChI=1S/C31H40N4O4S/c1-22-7-10-26(27(19-22)34-15-5-4-6-16-34)31(28-11-8-23(2)39-28)33-30(36)20-24-9-12-29(32-21-24)35-17-13-25(14-18-35)40(3,37)38/h7-12,19,21,25,31H,4-6,13-18,20H2,1-3H3,(H,33,36). The molecule has 4 heterocycles. The van der Waals surface area contributed by atoms with Crippen molar-refractivity contribution in [2.45, 2.75) is 63.7 Å². The highest BCUT2D eigenvalue weighted by atomic mass is 32.2. The number of amides is 1. The number of hydrogen-bond acceptors (Lipinski definition) is 7. The van der Waals surface area contributed by atoms with Gasteiger partial charge < -0.3 is 19.5 Å². The molecule has 2 saturated heterocycles. The molecule has 0 saturated carbocycles. The molecule has 1 N–H and O–H groups in total. The number of sulfone groups is 1. The Morgan fingerprint density at radius 1 is 1.00 bits per heavy atom. The normalized spacial score (nSPS) is 17.6. The molecule has 0 bridgehead atoms. The molecule has 214 valence electrons. The number of rotatable bonds is 8. The number of carbonyl (C=O) groups is 1. The summed E-state index contributed by atoms with van der Waals surface area (Å²) in [4.78, 5) is 22.5. The van der Waals surface area contributed by atoms with Crippen LogP contribution >= 0.6 is 0 Å². The van der Waals surface area contributed by atoms with Crippen molar-refractivity contribution in [3.8, 4) is 0 Å².